The maximum Gasteiger partial charge on any atom is 0.123 e. The number of nitrogens with zero attached hydrogens (tertiary/aromatic N) is 1. The van der Waals surface area contributed by atoms with Crippen molar-refractivity contribution in [2.45, 2.75) is 46.6 Å². The van der Waals surface area contributed by atoms with Crippen LogP contribution in [-0.2, 0) is 6.54 Å². The van der Waals surface area contributed by atoms with E-state index in [4.69, 9.17) is 10.00 Å². The molecule has 0 saturated heterocycles. The molecule has 3 nitrogen and oxygen atoms in total. The number of ether oxygens (including phenoxy) is 1. The SMILES string of the molecule is CCNCc1cc(F)ccc1OCCCCC(C)(C)C#N. The Morgan fingerprint density at radius 3 is 2.76 bits per heavy atom. The van der Waals surface area contributed by atoms with Gasteiger partial charge < -0.3 is 10.1 Å². The van der Waals surface area contributed by atoms with Gasteiger partial charge in [0.1, 0.15) is 11.6 Å². The van der Waals surface area contributed by atoms with Crippen LogP contribution in [-0.4, -0.2) is 13.2 Å². The molecule has 0 aromatic heterocycles. The third-order valence-electron chi connectivity index (χ3n) is 3.34. The summed E-state index contributed by atoms with van der Waals surface area (Å²) in [7, 11) is 0. The molecule has 0 fully saturated rings. The van der Waals surface area contributed by atoms with E-state index in [1.54, 1.807) is 6.07 Å². The smallest absolute Gasteiger partial charge is 0.123 e. The second-order valence-electron chi connectivity index (χ2n) is 5.83. The molecular weight excluding hydrogens is 267 g/mol. The molecule has 0 radical (unpaired) electrons. The van der Waals surface area contributed by atoms with Crippen LogP contribution in [0.1, 0.15) is 45.6 Å². The Morgan fingerprint density at radius 2 is 2.10 bits per heavy atom. The molecule has 0 aliphatic carbocycles. The molecule has 0 aliphatic heterocycles. The van der Waals surface area contributed by atoms with E-state index in [1.165, 1.54) is 12.1 Å². The Hall–Kier alpha value is -1.60. The molecule has 4 heteroatoms. The van der Waals surface area contributed by atoms with E-state index in [2.05, 4.69) is 11.4 Å². The van der Waals surface area contributed by atoms with Gasteiger partial charge in [0.2, 0.25) is 0 Å². The summed E-state index contributed by atoms with van der Waals surface area (Å²) in [6.07, 6.45) is 2.70. The van der Waals surface area contributed by atoms with E-state index >= 15 is 0 Å². The summed E-state index contributed by atoms with van der Waals surface area (Å²) in [5.41, 5.74) is 0.570. The first-order valence-electron chi connectivity index (χ1n) is 7.51. The third-order valence-corrected chi connectivity index (χ3v) is 3.34. The molecule has 1 N–H and O–H groups in total. The lowest BCUT2D eigenvalue weighted by Gasteiger charge is -2.15. The molecule has 1 rings (SSSR count). The van der Waals surface area contributed by atoms with Gasteiger partial charge in [-0.2, -0.15) is 5.26 Å². The molecule has 0 bridgehead atoms. The molecule has 0 aliphatic rings. The molecule has 1 aromatic rings. The minimum absolute atomic E-state index is 0.244. The molecule has 116 valence electrons. The Bertz CT molecular complexity index is 480. The standard InChI is InChI=1S/C17H25FN2O/c1-4-20-12-14-11-15(18)7-8-16(14)21-10-6-5-9-17(2,3)13-19/h7-8,11,20H,4-6,9-10,12H2,1-3H3. The Kier molecular flexibility index (Phi) is 7.18. The maximum atomic E-state index is 13.3. The zero-order valence-electron chi connectivity index (χ0n) is 13.2. The molecule has 0 spiro atoms. The number of nitriles is 1. The van der Waals surface area contributed by atoms with Gasteiger partial charge in [-0.3, -0.25) is 0 Å². The van der Waals surface area contributed by atoms with Gasteiger partial charge in [0, 0.05) is 12.1 Å². The van der Waals surface area contributed by atoms with E-state index in [0.717, 1.165) is 37.1 Å². The van der Waals surface area contributed by atoms with Crippen LogP contribution in [0.5, 0.6) is 5.75 Å². The fraction of sp³-hybridized carbons (Fsp3) is 0.588. The number of hydrogen-bond donors (Lipinski definition) is 1. The largest absolute Gasteiger partial charge is 0.493 e. The average Bonchev–Trinajstić information content (AvgIpc) is 2.46. The molecule has 1 aromatic carbocycles. The fourth-order valence-electron chi connectivity index (χ4n) is 1.99. The minimum atomic E-state index is -0.272. The average molecular weight is 292 g/mol. The summed E-state index contributed by atoms with van der Waals surface area (Å²) >= 11 is 0. The van der Waals surface area contributed by atoms with Crippen molar-refractivity contribution in [3.8, 4) is 11.8 Å². The lowest BCUT2D eigenvalue weighted by atomic mass is 9.89. The van der Waals surface area contributed by atoms with E-state index < -0.39 is 0 Å². The first-order chi connectivity index (χ1) is 9.98. The topological polar surface area (TPSA) is 45.0 Å². The Balaban J connectivity index is 2.43. The van der Waals surface area contributed by atoms with Crippen LogP contribution in [0, 0.1) is 22.6 Å². The molecule has 0 amide bonds. The van der Waals surface area contributed by atoms with Crippen LogP contribution in [0.3, 0.4) is 0 Å². The number of halogens is 1. The van der Waals surface area contributed by atoms with Gasteiger partial charge in [0.15, 0.2) is 0 Å². The van der Waals surface area contributed by atoms with Crippen LogP contribution in [0.2, 0.25) is 0 Å². The fourth-order valence-corrected chi connectivity index (χ4v) is 1.99. The van der Waals surface area contributed by atoms with Crippen LogP contribution in [0.4, 0.5) is 4.39 Å². The first kappa shape index (κ1) is 17.5. The summed E-state index contributed by atoms with van der Waals surface area (Å²) in [5.74, 6) is 0.489. The predicted octanol–water partition coefficient (Wildman–Crippen LogP) is 4.03. The zero-order chi connectivity index (χ0) is 15.7. The van der Waals surface area contributed by atoms with Gasteiger partial charge in [-0.25, -0.2) is 4.39 Å². The van der Waals surface area contributed by atoms with E-state index in [0.29, 0.717) is 13.2 Å². The van der Waals surface area contributed by atoms with Gasteiger partial charge in [0.05, 0.1) is 18.1 Å². The lowest BCUT2D eigenvalue weighted by Crippen LogP contribution is -2.13. The highest BCUT2D eigenvalue weighted by atomic mass is 19.1. The molecule has 0 heterocycles. The summed E-state index contributed by atoms with van der Waals surface area (Å²) in [6.45, 7) is 7.93. The van der Waals surface area contributed by atoms with Crippen LogP contribution >= 0.6 is 0 Å². The number of nitrogens with one attached hydrogen (secondary N) is 1. The van der Waals surface area contributed by atoms with Crippen LogP contribution < -0.4 is 10.1 Å². The van der Waals surface area contributed by atoms with Crippen molar-refractivity contribution in [2.75, 3.05) is 13.2 Å². The van der Waals surface area contributed by atoms with E-state index in [1.807, 2.05) is 20.8 Å². The quantitative estimate of drug-likeness (QED) is 0.699. The van der Waals surface area contributed by atoms with Gasteiger partial charge in [-0.15, -0.1) is 0 Å². The third kappa shape index (κ3) is 6.59. The highest BCUT2D eigenvalue weighted by molar-refractivity contribution is 5.33. The van der Waals surface area contributed by atoms with Crippen molar-refractivity contribution in [1.82, 2.24) is 5.32 Å². The summed E-state index contributed by atoms with van der Waals surface area (Å²) in [6, 6.07) is 6.91. The molecular formula is C17H25FN2O. The summed E-state index contributed by atoms with van der Waals surface area (Å²) < 4.78 is 19.0. The second kappa shape index (κ2) is 8.63. The van der Waals surface area contributed by atoms with Crippen molar-refractivity contribution in [3.63, 3.8) is 0 Å². The maximum absolute atomic E-state index is 13.3. The Labute approximate surface area is 127 Å². The van der Waals surface area contributed by atoms with Gasteiger partial charge in [-0.05, 0) is 57.9 Å². The van der Waals surface area contributed by atoms with Gasteiger partial charge >= 0.3 is 0 Å². The van der Waals surface area contributed by atoms with Gasteiger partial charge in [0.25, 0.3) is 0 Å². The van der Waals surface area contributed by atoms with Crippen molar-refractivity contribution in [3.05, 3.63) is 29.6 Å². The number of hydrogen-bond acceptors (Lipinski definition) is 3. The molecule has 21 heavy (non-hydrogen) atoms. The molecule has 0 saturated carbocycles. The zero-order valence-corrected chi connectivity index (χ0v) is 13.2. The molecule has 0 unspecified atom stereocenters. The summed E-state index contributed by atoms with van der Waals surface area (Å²) in [5, 5.41) is 12.1. The van der Waals surface area contributed by atoms with Crippen molar-refractivity contribution >= 4 is 0 Å². The number of unbranched alkanes of at least 4 members (excludes halogenated alkanes) is 1. The van der Waals surface area contributed by atoms with E-state index in [-0.39, 0.29) is 11.2 Å². The monoisotopic (exact) mass is 292 g/mol. The normalized spacial score (nSPS) is 11.2. The highest BCUT2D eigenvalue weighted by Gasteiger charge is 2.15. The van der Waals surface area contributed by atoms with Crippen LogP contribution in [0.25, 0.3) is 0 Å². The summed E-state index contributed by atoms with van der Waals surface area (Å²) in [4.78, 5) is 0. The first-order valence-corrected chi connectivity index (χ1v) is 7.51. The minimum Gasteiger partial charge on any atom is -0.493 e. The molecule has 0 atom stereocenters. The van der Waals surface area contributed by atoms with Crippen molar-refractivity contribution in [2.24, 2.45) is 5.41 Å². The van der Waals surface area contributed by atoms with Gasteiger partial charge in [-0.1, -0.05) is 6.92 Å². The van der Waals surface area contributed by atoms with Crippen molar-refractivity contribution < 1.29 is 9.13 Å². The van der Waals surface area contributed by atoms with Crippen molar-refractivity contribution in [1.29, 1.82) is 5.26 Å². The predicted molar refractivity (Wildman–Crippen MR) is 82.5 cm³/mol. The van der Waals surface area contributed by atoms with E-state index in [9.17, 15) is 4.39 Å². The Morgan fingerprint density at radius 1 is 1.33 bits per heavy atom. The lowest BCUT2D eigenvalue weighted by molar-refractivity contribution is 0.291. The second-order valence-corrected chi connectivity index (χ2v) is 5.83. The highest BCUT2D eigenvalue weighted by Crippen LogP contribution is 2.23. The van der Waals surface area contributed by atoms with Crippen LogP contribution in [0.15, 0.2) is 18.2 Å². The number of benzene rings is 1. The number of rotatable bonds is 9.